The van der Waals surface area contributed by atoms with Gasteiger partial charge in [-0.3, -0.25) is 0 Å². The van der Waals surface area contributed by atoms with Gasteiger partial charge in [0.25, 0.3) is 0 Å². The van der Waals surface area contributed by atoms with E-state index in [-0.39, 0.29) is 5.82 Å². The van der Waals surface area contributed by atoms with Crippen LogP contribution in [0, 0.1) is 11.7 Å². The molecule has 1 heterocycles. The van der Waals surface area contributed by atoms with Crippen molar-refractivity contribution in [2.45, 2.75) is 24.7 Å². The van der Waals surface area contributed by atoms with Crippen LogP contribution in [0.25, 0.3) is 0 Å². The van der Waals surface area contributed by atoms with Crippen molar-refractivity contribution < 1.29 is 4.39 Å². The molecule has 1 aliphatic heterocycles. The molecule has 3 rings (SSSR count). The summed E-state index contributed by atoms with van der Waals surface area (Å²) in [5.74, 6) is 0.608. The summed E-state index contributed by atoms with van der Waals surface area (Å²) in [4.78, 5) is 2.67. The van der Waals surface area contributed by atoms with Crippen LogP contribution in [0.5, 0.6) is 0 Å². The largest absolute Gasteiger partial charge is 0.207 e. The lowest BCUT2D eigenvalue weighted by atomic mass is 10.1. The van der Waals surface area contributed by atoms with Crippen molar-refractivity contribution in [2.75, 3.05) is 0 Å². The summed E-state index contributed by atoms with van der Waals surface area (Å²) in [6.45, 7) is 2.18. The lowest BCUT2D eigenvalue weighted by Gasteiger charge is -2.06. The number of allylic oxidation sites excluding steroid dienone is 2. The summed E-state index contributed by atoms with van der Waals surface area (Å²) >= 11 is 1.80. The zero-order valence-electron chi connectivity index (χ0n) is 8.01. The van der Waals surface area contributed by atoms with E-state index in [1.807, 2.05) is 6.07 Å². The predicted octanol–water partition coefficient (Wildman–Crippen LogP) is 3.77. The molecule has 0 nitrogen and oxygen atoms in total. The quantitative estimate of drug-likeness (QED) is 0.622. The van der Waals surface area contributed by atoms with E-state index in [0.29, 0.717) is 5.92 Å². The van der Waals surface area contributed by atoms with E-state index in [1.165, 1.54) is 21.8 Å². The van der Waals surface area contributed by atoms with Crippen molar-refractivity contribution in [3.05, 3.63) is 40.1 Å². The molecule has 0 bridgehead atoms. The molecule has 72 valence electrons. The third kappa shape index (κ3) is 1.29. The molecular formula is C12H11FS. The van der Waals surface area contributed by atoms with E-state index in [4.69, 9.17) is 0 Å². The number of rotatable bonds is 0. The number of thioether (sulfide) groups is 1. The maximum Gasteiger partial charge on any atom is 0.123 e. The fourth-order valence-electron chi connectivity index (χ4n) is 2.14. The summed E-state index contributed by atoms with van der Waals surface area (Å²) in [6.07, 6.45) is 2.27. The minimum atomic E-state index is -0.105. The fourth-order valence-corrected chi connectivity index (χ4v) is 3.26. The SMILES string of the molecule is CC1=C2CC2Cc2cc(F)ccc2S1. The van der Waals surface area contributed by atoms with E-state index < -0.39 is 0 Å². The highest BCUT2D eigenvalue weighted by Crippen LogP contribution is 2.51. The zero-order chi connectivity index (χ0) is 9.71. The summed E-state index contributed by atoms with van der Waals surface area (Å²) < 4.78 is 13.0. The van der Waals surface area contributed by atoms with Gasteiger partial charge in [0.15, 0.2) is 0 Å². The number of hydrogen-bond donors (Lipinski definition) is 0. The zero-order valence-corrected chi connectivity index (χ0v) is 8.83. The molecule has 0 aromatic heterocycles. The first-order chi connectivity index (χ1) is 6.74. The average Bonchev–Trinajstić information content (AvgIpc) is 2.88. The number of hydrogen-bond acceptors (Lipinski definition) is 1. The van der Waals surface area contributed by atoms with Crippen LogP contribution in [0.3, 0.4) is 0 Å². The smallest absolute Gasteiger partial charge is 0.123 e. The van der Waals surface area contributed by atoms with Crippen LogP contribution in [0.2, 0.25) is 0 Å². The van der Waals surface area contributed by atoms with Gasteiger partial charge in [-0.25, -0.2) is 4.39 Å². The number of benzene rings is 1. The molecule has 1 atom stereocenters. The molecule has 0 saturated heterocycles. The molecule has 1 aromatic carbocycles. The first-order valence-corrected chi connectivity index (χ1v) is 5.71. The maximum absolute atomic E-state index is 13.0. The second-order valence-electron chi connectivity index (χ2n) is 4.04. The standard InChI is InChI=1S/C12H11FS/c1-7-11-6-8(11)4-9-5-10(13)2-3-12(9)14-7/h2-3,5,8H,4,6H2,1H3. The molecule has 1 aromatic rings. The second-order valence-corrected chi connectivity index (χ2v) is 5.30. The van der Waals surface area contributed by atoms with Gasteiger partial charge in [0.1, 0.15) is 5.82 Å². The second kappa shape index (κ2) is 2.86. The minimum Gasteiger partial charge on any atom is -0.207 e. The van der Waals surface area contributed by atoms with Crippen molar-refractivity contribution in [1.82, 2.24) is 0 Å². The lowest BCUT2D eigenvalue weighted by Crippen LogP contribution is -1.90. The highest BCUT2D eigenvalue weighted by molar-refractivity contribution is 8.03. The molecule has 0 spiro atoms. The minimum absolute atomic E-state index is 0.105. The fraction of sp³-hybridized carbons (Fsp3) is 0.333. The average molecular weight is 206 g/mol. The molecule has 2 heteroatoms. The lowest BCUT2D eigenvalue weighted by molar-refractivity contribution is 0.622. The van der Waals surface area contributed by atoms with Crippen molar-refractivity contribution in [2.24, 2.45) is 5.92 Å². The van der Waals surface area contributed by atoms with Gasteiger partial charge in [-0.2, -0.15) is 0 Å². The van der Waals surface area contributed by atoms with Gasteiger partial charge >= 0.3 is 0 Å². The Kier molecular flexibility index (Phi) is 1.75. The molecule has 0 N–H and O–H groups in total. The van der Waals surface area contributed by atoms with Gasteiger partial charge in [-0.15, -0.1) is 0 Å². The van der Waals surface area contributed by atoms with Gasteiger partial charge in [0, 0.05) is 4.90 Å². The normalized spacial score (nSPS) is 24.0. The first-order valence-electron chi connectivity index (χ1n) is 4.90. The van der Waals surface area contributed by atoms with E-state index in [9.17, 15) is 4.39 Å². The molecule has 1 saturated carbocycles. The van der Waals surface area contributed by atoms with Crippen LogP contribution < -0.4 is 0 Å². The third-order valence-corrected chi connectivity index (χ3v) is 4.19. The summed E-state index contributed by atoms with van der Waals surface area (Å²) in [7, 11) is 0. The maximum atomic E-state index is 13.0. The molecule has 14 heavy (non-hydrogen) atoms. The summed E-state index contributed by atoms with van der Waals surface area (Å²) in [6, 6.07) is 5.15. The Labute approximate surface area is 87.2 Å². The topological polar surface area (TPSA) is 0 Å². The van der Waals surface area contributed by atoms with Gasteiger partial charge in [0.05, 0.1) is 0 Å². The van der Waals surface area contributed by atoms with Gasteiger partial charge in [-0.05, 0) is 54.4 Å². The first kappa shape index (κ1) is 8.54. The van der Waals surface area contributed by atoms with Crippen LogP contribution in [-0.2, 0) is 6.42 Å². The Morgan fingerprint density at radius 3 is 3.07 bits per heavy atom. The van der Waals surface area contributed by atoms with Crippen LogP contribution in [0.15, 0.2) is 33.6 Å². The highest BCUT2D eigenvalue weighted by atomic mass is 32.2. The van der Waals surface area contributed by atoms with Crippen molar-refractivity contribution >= 4 is 11.8 Å². The van der Waals surface area contributed by atoms with Crippen molar-refractivity contribution in [1.29, 1.82) is 0 Å². The van der Waals surface area contributed by atoms with Crippen LogP contribution in [-0.4, -0.2) is 0 Å². The van der Waals surface area contributed by atoms with Crippen LogP contribution in [0.1, 0.15) is 18.9 Å². The molecular weight excluding hydrogens is 195 g/mol. The third-order valence-electron chi connectivity index (χ3n) is 3.00. The van der Waals surface area contributed by atoms with Crippen molar-refractivity contribution in [3.63, 3.8) is 0 Å². The Morgan fingerprint density at radius 2 is 2.21 bits per heavy atom. The molecule has 1 aliphatic carbocycles. The van der Waals surface area contributed by atoms with Crippen molar-refractivity contribution in [3.8, 4) is 0 Å². The van der Waals surface area contributed by atoms with E-state index in [2.05, 4.69) is 6.92 Å². The monoisotopic (exact) mass is 206 g/mol. The Bertz CT molecular complexity index is 434. The highest BCUT2D eigenvalue weighted by Gasteiger charge is 2.34. The van der Waals surface area contributed by atoms with Gasteiger partial charge in [0.2, 0.25) is 0 Å². The van der Waals surface area contributed by atoms with Crippen LogP contribution >= 0.6 is 11.8 Å². The molecule has 1 fully saturated rings. The molecule has 1 unspecified atom stereocenters. The predicted molar refractivity (Wildman–Crippen MR) is 56.8 cm³/mol. The van der Waals surface area contributed by atoms with Crippen LogP contribution in [0.4, 0.5) is 4.39 Å². The Morgan fingerprint density at radius 1 is 1.36 bits per heavy atom. The summed E-state index contributed by atoms with van der Waals surface area (Å²) in [5.41, 5.74) is 2.78. The summed E-state index contributed by atoms with van der Waals surface area (Å²) in [5, 5.41) is 0. The molecule has 0 amide bonds. The van der Waals surface area contributed by atoms with E-state index in [1.54, 1.807) is 29.5 Å². The number of fused-ring (bicyclic) bond motifs is 2. The molecule has 0 radical (unpaired) electrons. The molecule has 2 aliphatic rings. The number of halogens is 1. The van der Waals surface area contributed by atoms with E-state index >= 15 is 0 Å². The Hall–Kier alpha value is -0.760. The van der Waals surface area contributed by atoms with E-state index in [0.717, 1.165) is 6.42 Å². The Balaban J connectivity index is 2.07. The van der Waals surface area contributed by atoms with Gasteiger partial charge in [-0.1, -0.05) is 17.3 Å². The van der Waals surface area contributed by atoms with Gasteiger partial charge < -0.3 is 0 Å².